The van der Waals surface area contributed by atoms with E-state index in [1.165, 1.54) is 5.69 Å². The number of aliphatic imine (C=N–C) groups is 1. The van der Waals surface area contributed by atoms with Crippen molar-refractivity contribution in [3.05, 3.63) is 65.0 Å². The standard InChI is InChI=1S/C27H29F3N8/c1-17(18-4-6-21(7-5-18)38-9-3-8-37(2)10-11-38)35-26-34-14-19(13-31)24(36-26)23-16-33-25-22(23)12-20(15-32-25)27(28,29)30/h4-7,12,15-17H,3,8-11,14H2,1-2H3,(H,32,33)(H2,34,35,36). The lowest BCUT2D eigenvalue weighted by molar-refractivity contribution is -0.137. The molecule has 1 unspecified atom stereocenters. The maximum absolute atomic E-state index is 13.3. The molecule has 5 rings (SSSR count). The summed E-state index contributed by atoms with van der Waals surface area (Å²) in [6, 6.07) is 11.5. The van der Waals surface area contributed by atoms with Crippen LogP contribution in [0.1, 0.15) is 36.1 Å². The number of hydrogen-bond donors (Lipinski definition) is 3. The summed E-state index contributed by atoms with van der Waals surface area (Å²) >= 11 is 0. The fourth-order valence-electron chi connectivity index (χ4n) is 4.79. The van der Waals surface area contributed by atoms with Gasteiger partial charge in [-0.05, 0) is 50.7 Å². The molecule has 198 valence electrons. The van der Waals surface area contributed by atoms with E-state index in [4.69, 9.17) is 0 Å². The van der Waals surface area contributed by atoms with Crippen LogP contribution in [0.15, 0.2) is 53.3 Å². The molecule has 1 atom stereocenters. The molecule has 3 N–H and O–H groups in total. The van der Waals surface area contributed by atoms with Crippen LogP contribution in [0.4, 0.5) is 18.9 Å². The number of guanidine groups is 1. The average molecular weight is 523 g/mol. The van der Waals surface area contributed by atoms with Gasteiger partial charge in [-0.3, -0.25) is 0 Å². The number of aromatic nitrogens is 2. The number of benzene rings is 1. The largest absolute Gasteiger partial charge is 0.417 e. The predicted octanol–water partition coefficient (Wildman–Crippen LogP) is 4.27. The van der Waals surface area contributed by atoms with Gasteiger partial charge in [-0.1, -0.05) is 12.1 Å². The zero-order valence-electron chi connectivity index (χ0n) is 21.2. The fourth-order valence-corrected chi connectivity index (χ4v) is 4.79. The maximum Gasteiger partial charge on any atom is 0.417 e. The second-order valence-corrected chi connectivity index (χ2v) is 9.67. The molecule has 0 aliphatic carbocycles. The van der Waals surface area contributed by atoms with E-state index in [9.17, 15) is 18.4 Å². The van der Waals surface area contributed by atoms with Crippen LogP contribution in [-0.4, -0.2) is 60.6 Å². The zero-order valence-corrected chi connectivity index (χ0v) is 21.2. The summed E-state index contributed by atoms with van der Waals surface area (Å²) in [4.78, 5) is 16.1. The van der Waals surface area contributed by atoms with Gasteiger partial charge in [0.2, 0.25) is 0 Å². The minimum Gasteiger partial charge on any atom is -0.370 e. The number of rotatable bonds is 4. The van der Waals surface area contributed by atoms with Crippen LogP contribution in [-0.2, 0) is 6.18 Å². The normalized spacial score (nSPS) is 18.0. The topological polar surface area (TPSA) is 95.4 Å². The molecular formula is C27H29F3N8. The number of aromatic amines is 1. The second-order valence-electron chi connectivity index (χ2n) is 9.67. The number of hydrogen-bond acceptors (Lipinski definition) is 7. The lowest BCUT2D eigenvalue weighted by atomic mass is 10.0. The summed E-state index contributed by atoms with van der Waals surface area (Å²) in [6.45, 7) is 6.38. The van der Waals surface area contributed by atoms with Crippen LogP contribution < -0.4 is 15.5 Å². The molecule has 2 aliphatic rings. The molecule has 38 heavy (non-hydrogen) atoms. The molecule has 0 amide bonds. The molecule has 2 aliphatic heterocycles. The fraction of sp³-hybridized carbons (Fsp3) is 0.370. The van der Waals surface area contributed by atoms with E-state index < -0.39 is 11.7 Å². The minimum absolute atomic E-state index is 0.100. The van der Waals surface area contributed by atoms with Crippen molar-refractivity contribution in [2.45, 2.75) is 25.6 Å². The number of alkyl halides is 3. The molecule has 4 heterocycles. The van der Waals surface area contributed by atoms with Gasteiger partial charge in [0.05, 0.1) is 35.5 Å². The Kier molecular flexibility index (Phi) is 6.99. The van der Waals surface area contributed by atoms with E-state index in [-0.39, 0.29) is 18.0 Å². The Labute approximate surface area is 218 Å². The van der Waals surface area contributed by atoms with Crippen LogP contribution in [0.2, 0.25) is 0 Å². The van der Waals surface area contributed by atoms with Gasteiger partial charge in [0.25, 0.3) is 0 Å². The predicted molar refractivity (Wildman–Crippen MR) is 141 cm³/mol. The van der Waals surface area contributed by atoms with E-state index in [0.717, 1.165) is 50.4 Å². The summed E-state index contributed by atoms with van der Waals surface area (Å²) in [7, 11) is 2.15. The lowest BCUT2D eigenvalue weighted by Gasteiger charge is -2.25. The third-order valence-electron chi connectivity index (χ3n) is 7.02. The van der Waals surface area contributed by atoms with Crippen molar-refractivity contribution in [1.29, 1.82) is 5.26 Å². The van der Waals surface area contributed by atoms with Crippen molar-refractivity contribution in [3.8, 4) is 6.07 Å². The molecule has 1 fully saturated rings. The van der Waals surface area contributed by atoms with Gasteiger partial charge in [-0.15, -0.1) is 0 Å². The van der Waals surface area contributed by atoms with Crippen molar-refractivity contribution in [2.24, 2.45) is 4.99 Å². The second kappa shape index (κ2) is 10.4. The summed E-state index contributed by atoms with van der Waals surface area (Å²) < 4.78 is 39.9. The molecule has 1 aromatic carbocycles. The number of fused-ring (bicyclic) bond motifs is 1. The molecule has 2 aromatic heterocycles. The average Bonchev–Trinajstić information content (AvgIpc) is 3.21. The van der Waals surface area contributed by atoms with Crippen LogP contribution in [0.5, 0.6) is 0 Å². The first-order valence-electron chi connectivity index (χ1n) is 12.5. The quantitative estimate of drug-likeness (QED) is 0.474. The van der Waals surface area contributed by atoms with Gasteiger partial charge in [0, 0.05) is 48.7 Å². The van der Waals surface area contributed by atoms with Gasteiger partial charge in [0.15, 0.2) is 5.96 Å². The van der Waals surface area contributed by atoms with Gasteiger partial charge >= 0.3 is 6.18 Å². The highest BCUT2D eigenvalue weighted by atomic mass is 19.4. The molecule has 0 saturated carbocycles. The maximum atomic E-state index is 13.3. The van der Waals surface area contributed by atoms with Crippen molar-refractivity contribution in [3.63, 3.8) is 0 Å². The van der Waals surface area contributed by atoms with E-state index in [2.05, 4.69) is 72.8 Å². The number of nitriles is 1. The first-order valence-corrected chi connectivity index (χ1v) is 12.5. The van der Waals surface area contributed by atoms with Crippen molar-refractivity contribution in [2.75, 3.05) is 44.7 Å². The molecular weight excluding hydrogens is 493 g/mol. The highest BCUT2D eigenvalue weighted by molar-refractivity contribution is 5.97. The zero-order chi connectivity index (χ0) is 26.9. The first kappa shape index (κ1) is 25.6. The minimum atomic E-state index is -4.53. The summed E-state index contributed by atoms with van der Waals surface area (Å²) in [5, 5.41) is 16.4. The smallest absolute Gasteiger partial charge is 0.370 e. The van der Waals surface area contributed by atoms with E-state index in [1.807, 2.05) is 6.92 Å². The van der Waals surface area contributed by atoms with Crippen molar-refractivity contribution < 1.29 is 13.2 Å². The lowest BCUT2D eigenvalue weighted by Crippen LogP contribution is -2.41. The number of halogens is 3. The van der Waals surface area contributed by atoms with E-state index in [1.54, 1.807) is 6.20 Å². The summed E-state index contributed by atoms with van der Waals surface area (Å²) in [5.41, 5.74) is 2.74. The Bertz CT molecular complexity index is 1410. The van der Waals surface area contributed by atoms with Gasteiger partial charge < -0.3 is 25.4 Å². The van der Waals surface area contributed by atoms with Crippen LogP contribution >= 0.6 is 0 Å². The number of nitrogens with one attached hydrogen (secondary N) is 3. The van der Waals surface area contributed by atoms with E-state index in [0.29, 0.717) is 28.4 Å². The van der Waals surface area contributed by atoms with Crippen molar-refractivity contribution in [1.82, 2.24) is 25.5 Å². The van der Waals surface area contributed by atoms with Gasteiger partial charge in [-0.25, -0.2) is 9.98 Å². The number of pyridine rings is 1. The summed E-state index contributed by atoms with van der Waals surface area (Å²) in [5.74, 6) is 0.445. The molecule has 0 spiro atoms. The van der Waals surface area contributed by atoms with Gasteiger partial charge in [0.1, 0.15) is 5.65 Å². The van der Waals surface area contributed by atoms with Gasteiger partial charge in [-0.2, -0.15) is 18.4 Å². The van der Waals surface area contributed by atoms with Crippen LogP contribution in [0.25, 0.3) is 16.7 Å². The number of anilines is 1. The number of H-pyrrole nitrogens is 1. The Morgan fingerprint density at radius 2 is 1.92 bits per heavy atom. The molecule has 1 saturated heterocycles. The molecule has 8 nitrogen and oxygen atoms in total. The molecule has 11 heteroatoms. The van der Waals surface area contributed by atoms with Crippen molar-refractivity contribution >= 4 is 28.4 Å². The molecule has 3 aromatic rings. The Hall–Kier alpha value is -4.04. The summed E-state index contributed by atoms with van der Waals surface area (Å²) in [6.07, 6.45) is -1.06. The highest BCUT2D eigenvalue weighted by Gasteiger charge is 2.32. The first-order chi connectivity index (χ1) is 18.2. The Morgan fingerprint density at radius 1 is 1.13 bits per heavy atom. The highest BCUT2D eigenvalue weighted by Crippen LogP contribution is 2.34. The van der Waals surface area contributed by atoms with E-state index >= 15 is 0 Å². The molecule has 0 bridgehead atoms. The van der Waals surface area contributed by atoms with Crippen LogP contribution in [0, 0.1) is 11.3 Å². The number of nitrogens with zero attached hydrogens (tertiary/aromatic N) is 5. The third kappa shape index (κ3) is 5.31. The Balaban J connectivity index is 1.36. The monoisotopic (exact) mass is 522 g/mol. The van der Waals surface area contributed by atoms with Crippen LogP contribution in [0.3, 0.4) is 0 Å². The Morgan fingerprint density at radius 3 is 2.66 bits per heavy atom. The number of likely N-dealkylation sites (N-methyl/N-ethyl adjacent to an activating group) is 1. The third-order valence-corrected chi connectivity index (χ3v) is 7.02. The SMILES string of the molecule is CC(NC1=NC(c2c[nH]c3ncc(C(F)(F)F)cc23)=C(C#N)CN1)c1ccc(N2CCCN(C)CC2)cc1. The molecule has 0 radical (unpaired) electrons.